The van der Waals surface area contributed by atoms with E-state index in [1.165, 1.54) is 4.90 Å². The second kappa shape index (κ2) is 5.58. The number of imide groups is 1. The first kappa shape index (κ1) is 15.7. The summed E-state index contributed by atoms with van der Waals surface area (Å²) in [4.78, 5) is 36.3. The van der Waals surface area contributed by atoms with Gasteiger partial charge in [-0.05, 0) is 48.6 Å². The molecule has 3 aromatic rings. The smallest absolute Gasteiger partial charge is 0.238 e. The Morgan fingerprint density at radius 3 is 2.25 bits per heavy atom. The van der Waals surface area contributed by atoms with E-state index < -0.39 is 0 Å². The first-order valence-corrected chi connectivity index (χ1v) is 9.59. The van der Waals surface area contributed by atoms with Crippen molar-refractivity contribution in [1.29, 1.82) is 0 Å². The Labute approximate surface area is 161 Å². The van der Waals surface area contributed by atoms with Crippen molar-refractivity contribution >= 4 is 28.4 Å². The Hall–Kier alpha value is -3.34. The van der Waals surface area contributed by atoms with Crippen LogP contribution in [0, 0.1) is 23.7 Å². The molecular formula is C23H17N3O2. The van der Waals surface area contributed by atoms with Gasteiger partial charge < -0.3 is 0 Å². The van der Waals surface area contributed by atoms with E-state index in [1.54, 1.807) is 0 Å². The second-order valence-electron chi connectivity index (χ2n) is 7.81. The molecule has 2 fully saturated rings. The van der Waals surface area contributed by atoms with Gasteiger partial charge in [-0.2, -0.15) is 0 Å². The van der Waals surface area contributed by atoms with Gasteiger partial charge in [-0.1, -0.05) is 30.4 Å². The molecule has 2 bridgehead atoms. The normalized spacial score (nSPS) is 27.8. The molecule has 4 atom stereocenters. The number of carbonyl (C=O) groups excluding carboxylic acids is 2. The van der Waals surface area contributed by atoms with E-state index in [4.69, 9.17) is 0 Å². The highest BCUT2D eigenvalue weighted by Gasteiger charge is 2.59. The van der Waals surface area contributed by atoms with Crippen LogP contribution in [0.1, 0.15) is 6.42 Å². The summed E-state index contributed by atoms with van der Waals surface area (Å²) in [5.41, 5.74) is 2.38. The van der Waals surface area contributed by atoms with E-state index in [9.17, 15) is 9.59 Å². The number of anilines is 1. The summed E-state index contributed by atoms with van der Waals surface area (Å²) in [6.07, 6.45) is 6.98. The lowest BCUT2D eigenvalue weighted by atomic mass is 9.85. The summed E-state index contributed by atoms with van der Waals surface area (Å²) in [6.45, 7) is 0. The number of fused-ring (bicyclic) bond motifs is 6. The summed E-state index contributed by atoms with van der Waals surface area (Å²) in [6, 6.07) is 15.2. The molecule has 5 nitrogen and oxygen atoms in total. The SMILES string of the molecule is O=C1C2C3C=CC(C3)C2C(=O)N1c1ccc(-c2ncc3ccccc3n2)cc1. The van der Waals surface area contributed by atoms with Crippen LogP contribution in [0.4, 0.5) is 5.69 Å². The van der Waals surface area contributed by atoms with Crippen molar-refractivity contribution in [3.63, 3.8) is 0 Å². The third kappa shape index (κ3) is 2.07. The molecule has 2 amide bonds. The van der Waals surface area contributed by atoms with Crippen LogP contribution >= 0.6 is 0 Å². The number of hydrogen-bond donors (Lipinski definition) is 0. The summed E-state index contributed by atoms with van der Waals surface area (Å²) in [7, 11) is 0. The molecule has 1 aromatic heterocycles. The molecule has 28 heavy (non-hydrogen) atoms. The van der Waals surface area contributed by atoms with E-state index in [0.29, 0.717) is 11.5 Å². The van der Waals surface area contributed by atoms with Crippen molar-refractivity contribution < 1.29 is 9.59 Å². The molecule has 4 unspecified atom stereocenters. The van der Waals surface area contributed by atoms with Crippen LogP contribution in [0.3, 0.4) is 0 Å². The van der Waals surface area contributed by atoms with Gasteiger partial charge in [0.25, 0.3) is 0 Å². The molecule has 1 saturated heterocycles. The summed E-state index contributed by atoms with van der Waals surface area (Å²) in [5, 5.41) is 0.992. The zero-order chi connectivity index (χ0) is 18.8. The number of amides is 2. The van der Waals surface area contributed by atoms with Crippen molar-refractivity contribution in [2.45, 2.75) is 6.42 Å². The lowest BCUT2D eigenvalue weighted by Crippen LogP contribution is -2.32. The maximum absolute atomic E-state index is 12.9. The van der Waals surface area contributed by atoms with Crippen LogP contribution in [0.2, 0.25) is 0 Å². The predicted octanol–water partition coefficient (Wildman–Crippen LogP) is 3.61. The van der Waals surface area contributed by atoms with Gasteiger partial charge in [0.2, 0.25) is 11.8 Å². The number of hydrogen-bond acceptors (Lipinski definition) is 4. The Morgan fingerprint density at radius 2 is 1.54 bits per heavy atom. The molecule has 1 aliphatic heterocycles. The lowest BCUT2D eigenvalue weighted by Gasteiger charge is -2.17. The summed E-state index contributed by atoms with van der Waals surface area (Å²) in [5.74, 6) is 0.618. The molecule has 0 spiro atoms. The molecule has 3 aliphatic rings. The van der Waals surface area contributed by atoms with E-state index >= 15 is 0 Å². The Balaban J connectivity index is 1.33. The zero-order valence-corrected chi connectivity index (χ0v) is 15.0. The molecule has 136 valence electrons. The number of nitrogens with zero attached hydrogens (tertiary/aromatic N) is 3. The molecule has 5 heteroatoms. The van der Waals surface area contributed by atoms with Crippen LogP contribution < -0.4 is 4.90 Å². The average Bonchev–Trinajstić information content (AvgIpc) is 3.42. The first-order chi connectivity index (χ1) is 13.7. The minimum atomic E-state index is -0.175. The predicted molar refractivity (Wildman–Crippen MR) is 105 cm³/mol. The molecule has 0 radical (unpaired) electrons. The maximum atomic E-state index is 12.9. The molecule has 1 saturated carbocycles. The fraction of sp³-hybridized carbons (Fsp3) is 0.217. The van der Waals surface area contributed by atoms with Gasteiger partial charge in [0.05, 0.1) is 23.0 Å². The topological polar surface area (TPSA) is 63.2 Å². The maximum Gasteiger partial charge on any atom is 0.238 e. The molecule has 2 heterocycles. The molecule has 0 N–H and O–H groups in total. The van der Waals surface area contributed by atoms with Crippen LogP contribution in [-0.4, -0.2) is 21.8 Å². The van der Waals surface area contributed by atoms with Gasteiger partial charge in [0.1, 0.15) is 0 Å². The zero-order valence-electron chi connectivity index (χ0n) is 15.0. The third-order valence-corrected chi connectivity index (χ3v) is 6.34. The van der Waals surface area contributed by atoms with Gasteiger partial charge in [-0.3, -0.25) is 14.5 Å². The van der Waals surface area contributed by atoms with Gasteiger partial charge in [-0.15, -0.1) is 0 Å². The molecular weight excluding hydrogens is 350 g/mol. The van der Waals surface area contributed by atoms with E-state index in [-0.39, 0.29) is 35.5 Å². The number of benzene rings is 2. The third-order valence-electron chi connectivity index (χ3n) is 6.34. The number of aromatic nitrogens is 2. The summed E-state index contributed by atoms with van der Waals surface area (Å²) >= 11 is 0. The first-order valence-electron chi connectivity index (χ1n) is 9.59. The quantitative estimate of drug-likeness (QED) is 0.513. The van der Waals surface area contributed by atoms with Crippen molar-refractivity contribution in [2.24, 2.45) is 23.7 Å². The fourth-order valence-corrected chi connectivity index (χ4v) is 5.03. The standard InChI is InChI=1S/C23H17N3O2/c27-22-19-14-5-6-15(11-14)20(19)23(28)26(22)17-9-7-13(8-10-17)21-24-12-16-3-1-2-4-18(16)25-21/h1-10,12,14-15,19-20H,11H2. The summed E-state index contributed by atoms with van der Waals surface area (Å²) < 4.78 is 0. The highest BCUT2D eigenvalue weighted by molar-refractivity contribution is 6.22. The number of rotatable bonds is 2. The Bertz CT molecular complexity index is 1140. The van der Waals surface area contributed by atoms with Gasteiger partial charge in [0.15, 0.2) is 5.82 Å². The second-order valence-corrected chi connectivity index (χ2v) is 7.81. The monoisotopic (exact) mass is 367 g/mol. The van der Waals surface area contributed by atoms with Gasteiger partial charge in [0, 0.05) is 17.1 Å². The van der Waals surface area contributed by atoms with Crippen molar-refractivity contribution in [3.05, 3.63) is 66.9 Å². The minimum absolute atomic E-state index is 0.0541. The van der Waals surface area contributed by atoms with Gasteiger partial charge >= 0.3 is 0 Å². The average molecular weight is 367 g/mol. The van der Waals surface area contributed by atoms with Crippen molar-refractivity contribution in [2.75, 3.05) is 4.90 Å². The highest BCUT2D eigenvalue weighted by atomic mass is 16.2. The van der Waals surface area contributed by atoms with Crippen molar-refractivity contribution in [3.8, 4) is 11.4 Å². The van der Waals surface area contributed by atoms with E-state index in [0.717, 1.165) is 22.9 Å². The fourth-order valence-electron chi connectivity index (χ4n) is 5.03. The Morgan fingerprint density at radius 1 is 0.857 bits per heavy atom. The number of para-hydroxylation sites is 1. The van der Waals surface area contributed by atoms with Gasteiger partial charge in [-0.25, -0.2) is 9.97 Å². The van der Waals surface area contributed by atoms with E-state index in [2.05, 4.69) is 22.1 Å². The van der Waals surface area contributed by atoms with E-state index in [1.807, 2.05) is 54.7 Å². The number of allylic oxidation sites excluding steroid dienone is 2. The van der Waals surface area contributed by atoms with Crippen LogP contribution in [0.15, 0.2) is 66.9 Å². The molecule has 2 aromatic carbocycles. The number of carbonyl (C=O) groups is 2. The molecule has 6 rings (SSSR count). The van der Waals surface area contributed by atoms with Crippen LogP contribution in [0.5, 0.6) is 0 Å². The van der Waals surface area contributed by atoms with Crippen LogP contribution in [0.25, 0.3) is 22.3 Å². The Kier molecular flexibility index (Phi) is 3.13. The largest absolute Gasteiger partial charge is 0.274 e. The van der Waals surface area contributed by atoms with Crippen LogP contribution in [-0.2, 0) is 9.59 Å². The lowest BCUT2D eigenvalue weighted by molar-refractivity contribution is -0.123. The van der Waals surface area contributed by atoms with Crippen molar-refractivity contribution in [1.82, 2.24) is 9.97 Å². The highest BCUT2D eigenvalue weighted by Crippen LogP contribution is 2.53. The molecule has 2 aliphatic carbocycles. The minimum Gasteiger partial charge on any atom is -0.274 e.